The zero-order valence-electron chi connectivity index (χ0n) is 10.1. The van der Waals surface area contributed by atoms with Gasteiger partial charge in [-0.2, -0.15) is 0 Å². The first-order valence-corrected chi connectivity index (χ1v) is 6.16. The van der Waals surface area contributed by atoms with Gasteiger partial charge in [0.15, 0.2) is 0 Å². The van der Waals surface area contributed by atoms with Crippen LogP contribution in [-0.2, 0) is 4.79 Å². The molecule has 0 amide bonds. The number of hydrogen-bond donors (Lipinski definition) is 0. The molecule has 2 bridgehead atoms. The third-order valence-corrected chi connectivity index (χ3v) is 5.50. The number of hydrogen-bond acceptors (Lipinski definition) is 1. The average molecular weight is 204 g/mol. The monoisotopic (exact) mass is 204 g/mol. The highest BCUT2D eigenvalue weighted by Gasteiger charge is 2.73. The molecule has 3 aliphatic carbocycles. The van der Waals surface area contributed by atoms with Gasteiger partial charge in [-0.15, -0.1) is 0 Å². The molecular weight excluding hydrogens is 184 g/mol. The normalized spacial score (nSPS) is 56.1. The lowest BCUT2D eigenvalue weighted by molar-refractivity contribution is -0.138. The lowest BCUT2D eigenvalue weighted by Crippen LogP contribution is -2.46. The number of ketones is 1. The molecule has 1 nitrogen and oxygen atoms in total. The van der Waals surface area contributed by atoms with E-state index in [4.69, 9.17) is 0 Å². The number of fused-ring (bicyclic) bond motifs is 2. The molecule has 0 aromatic rings. The second-order valence-corrected chi connectivity index (χ2v) is 6.47. The SMILES string of the molecule is CC(C)[C@@H]1C[C@H]2[C@H]3C=C[C@]1(C)C(=O)[C@]32C. The van der Waals surface area contributed by atoms with E-state index in [0.29, 0.717) is 29.5 Å². The molecule has 0 saturated heterocycles. The number of allylic oxidation sites excluding steroid dienone is 2. The number of carbonyl (C=O) groups excluding carboxylic acids is 1. The van der Waals surface area contributed by atoms with Gasteiger partial charge in [0.1, 0.15) is 5.78 Å². The molecule has 0 aromatic heterocycles. The predicted molar refractivity (Wildman–Crippen MR) is 60.3 cm³/mol. The van der Waals surface area contributed by atoms with Crippen molar-refractivity contribution in [3.8, 4) is 0 Å². The molecule has 1 heteroatoms. The van der Waals surface area contributed by atoms with Gasteiger partial charge < -0.3 is 0 Å². The molecule has 2 saturated carbocycles. The summed E-state index contributed by atoms with van der Waals surface area (Å²) in [7, 11) is 0. The highest BCUT2D eigenvalue weighted by Crippen LogP contribution is 2.72. The lowest BCUT2D eigenvalue weighted by atomic mass is 9.59. The number of Topliss-reactive ketones (excluding diaryl/α,β-unsaturated/α-hetero) is 1. The highest BCUT2D eigenvalue weighted by molar-refractivity contribution is 5.97. The van der Waals surface area contributed by atoms with Gasteiger partial charge in [-0.1, -0.05) is 32.9 Å². The third kappa shape index (κ3) is 0.847. The molecule has 82 valence electrons. The molecule has 2 fully saturated rings. The van der Waals surface area contributed by atoms with E-state index in [-0.39, 0.29) is 10.8 Å². The largest absolute Gasteiger partial charge is 0.298 e. The van der Waals surface area contributed by atoms with Crippen LogP contribution in [0.15, 0.2) is 12.2 Å². The Morgan fingerprint density at radius 2 is 2.07 bits per heavy atom. The van der Waals surface area contributed by atoms with E-state index in [2.05, 4.69) is 39.8 Å². The molecule has 0 heterocycles. The van der Waals surface area contributed by atoms with Crippen molar-refractivity contribution in [2.75, 3.05) is 0 Å². The van der Waals surface area contributed by atoms with Crippen molar-refractivity contribution in [2.24, 2.45) is 34.5 Å². The van der Waals surface area contributed by atoms with Gasteiger partial charge in [0, 0.05) is 10.8 Å². The summed E-state index contributed by atoms with van der Waals surface area (Å²) in [6, 6.07) is 0. The fourth-order valence-electron chi connectivity index (χ4n) is 4.42. The lowest BCUT2D eigenvalue weighted by Gasteiger charge is -2.43. The van der Waals surface area contributed by atoms with E-state index in [1.54, 1.807) is 0 Å². The Hall–Kier alpha value is -0.590. The molecule has 15 heavy (non-hydrogen) atoms. The molecule has 0 aromatic carbocycles. The summed E-state index contributed by atoms with van der Waals surface area (Å²) < 4.78 is 0. The van der Waals surface area contributed by atoms with Gasteiger partial charge >= 0.3 is 0 Å². The molecular formula is C14H20O. The molecule has 0 N–H and O–H groups in total. The van der Waals surface area contributed by atoms with E-state index >= 15 is 0 Å². The van der Waals surface area contributed by atoms with Gasteiger partial charge in [0.25, 0.3) is 0 Å². The van der Waals surface area contributed by atoms with Gasteiger partial charge in [0.2, 0.25) is 0 Å². The van der Waals surface area contributed by atoms with Crippen LogP contribution in [0.4, 0.5) is 0 Å². The van der Waals surface area contributed by atoms with Crippen LogP contribution in [0.3, 0.4) is 0 Å². The van der Waals surface area contributed by atoms with E-state index in [0.717, 1.165) is 0 Å². The predicted octanol–water partition coefficient (Wildman–Crippen LogP) is 3.06. The third-order valence-electron chi connectivity index (χ3n) is 5.50. The molecule has 0 unspecified atom stereocenters. The van der Waals surface area contributed by atoms with Crippen molar-refractivity contribution in [1.29, 1.82) is 0 Å². The summed E-state index contributed by atoms with van der Waals surface area (Å²) in [6.45, 7) is 8.86. The van der Waals surface area contributed by atoms with E-state index in [9.17, 15) is 4.79 Å². The van der Waals surface area contributed by atoms with Crippen LogP contribution in [0, 0.1) is 34.5 Å². The van der Waals surface area contributed by atoms with Crippen LogP contribution in [0.1, 0.15) is 34.1 Å². The summed E-state index contributed by atoms with van der Waals surface area (Å²) in [6.07, 6.45) is 5.81. The fraction of sp³-hybridized carbons (Fsp3) is 0.786. The Labute approximate surface area is 91.9 Å². The Kier molecular flexibility index (Phi) is 1.53. The first-order valence-electron chi connectivity index (χ1n) is 6.16. The van der Waals surface area contributed by atoms with Crippen molar-refractivity contribution >= 4 is 5.78 Å². The van der Waals surface area contributed by atoms with Crippen molar-refractivity contribution in [2.45, 2.75) is 34.1 Å². The minimum Gasteiger partial charge on any atom is -0.298 e. The van der Waals surface area contributed by atoms with Crippen LogP contribution in [0.2, 0.25) is 0 Å². The molecule has 0 spiro atoms. The van der Waals surface area contributed by atoms with Gasteiger partial charge in [-0.3, -0.25) is 4.79 Å². The Morgan fingerprint density at radius 3 is 2.67 bits per heavy atom. The summed E-state index contributed by atoms with van der Waals surface area (Å²) in [5.74, 6) is 2.93. The molecule has 0 aliphatic heterocycles. The second kappa shape index (κ2) is 2.39. The summed E-state index contributed by atoms with van der Waals surface area (Å²) in [5, 5.41) is 0. The standard InChI is InChI=1S/C14H20O/c1-8(2)10-7-11-9-5-6-13(10,3)12(15)14(9,11)4/h5-6,8-11H,7H2,1-4H3/t9-,10+,11+,13+,14-/m1/s1. The minimum absolute atomic E-state index is 0.0227. The fourth-order valence-corrected chi connectivity index (χ4v) is 4.42. The average Bonchev–Trinajstić information content (AvgIpc) is 2.79. The van der Waals surface area contributed by atoms with Crippen LogP contribution in [0.5, 0.6) is 0 Å². The van der Waals surface area contributed by atoms with Gasteiger partial charge in [0.05, 0.1) is 0 Å². The van der Waals surface area contributed by atoms with Crippen molar-refractivity contribution in [3.63, 3.8) is 0 Å². The quantitative estimate of drug-likeness (QED) is 0.600. The topological polar surface area (TPSA) is 17.1 Å². The zero-order chi connectivity index (χ0) is 11.0. The van der Waals surface area contributed by atoms with Crippen molar-refractivity contribution < 1.29 is 4.79 Å². The van der Waals surface area contributed by atoms with Crippen molar-refractivity contribution in [1.82, 2.24) is 0 Å². The second-order valence-electron chi connectivity index (χ2n) is 6.47. The summed E-state index contributed by atoms with van der Waals surface area (Å²) in [5.41, 5.74) is -0.138. The maximum atomic E-state index is 12.5. The maximum Gasteiger partial charge on any atom is 0.149 e. The van der Waals surface area contributed by atoms with Crippen LogP contribution in [-0.4, -0.2) is 5.78 Å². The Balaban J connectivity index is 2.10. The Morgan fingerprint density at radius 1 is 1.40 bits per heavy atom. The smallest absolute Gasteiger partial charge is 0.149 e. The van der Waals surface area contributed by atoms with Crippen molar-refractivity contribution in [3.05, 3.63) is 12.2 Å². The van der Waals surface area contributed by atoms with E-state index in [1.807, 2.05) is 0 Å². The first kappa shape index (κ1) is 9.62. The van der Waals surface area contributed by atoms with Crippen LogP contribution >= 0.6 is 0 Å². The molecule has 5 atom stereocenters. The van der Waals surface area contributed by atoms with Gasteiger partial charge in [-0.05, 0) is 37.0 Å². The number of carbonyl (C=O) groups is 1. The van der Waals surface area contributed by atoms with Gasteiger partial charge in [-0.25, -0.2) is 0 Å². The summed E-state index contributed by atoms with van der Waals surface area (Å²) >= 11 is 0. The van der Waals surface area contributed by atoms with E-state index < -0.39 is 0 Å². The Bertz CT molecular complexity index is 368. The molecule has 3 aliphatic rings. The zero-order valence-corrected chi connectivity index (χ0v) is 10.1. The minimum atomic E-state index is -0.160. The van der Waals surface area contributed by atoms with Crippen LogP contribution in [0.25, 0.3) is 0 Å². The highest BCUT2D eigenvalue weighted by atomic mass is 16.1. The van der Waals surface area contributed by atoms with Crippen LogP contribution < -0.4 is 0 Å². The number of rotatable bonds is 1. The first-order chi connectivity index (χ1) is 6.92. The molecule has 0 radical (unpaired) electrons. The summed E-state index contributed by atoms with van der Waals surface area (Å²) in [4.78, 5) is 12.5. The van der Waals surface area contributed by atoms with E-state index in [1.165, 1.54) is 6.42 Å². The maximum absolute atomic E-state index is 12.5. The molecule has 3 rings (SSSR count).